The molecule has 1 rings (SSSR count). The van der Waals surface area contributed by atoms with Crippen molar-refractivity contribution in [1.29, 1.82) is 0 Å². The van der Waals surface area contributed by atoms with Crippen LogP contribution >= 0.6 is 0 Å². The number of benzene rings is 1. The molecule has 92 valence electrons. The van der Waals surface area contributed by atoms with Crippen molar-refractivity contribution in [2.75, 3.05) is 13.7 Å². The first kappa shape index (κ1) is 12.9. The van der Waals surface area contributed by atoms with E-state index in [1.165, 1.54) is 19.2 Å². The number of hydrogen-bond acceptors (Lipinski definition) is 5. The van der Waals surface area contributed by atoms with Crippen LogP contribution in [0.5, 0.6) is 5.75 Å². The molecule has 0 aliphatic carbocycles. The molecule has 0 bridgehead atoms. The van der Waals surface area contributed by atoms with E-state index in [1.807, 2.05) is 0 Å². The second-order valence-electron chi connectivity index (χ2n) is 3.21. The number of hydrogen-bond donors (Lipinski definition) is 2. The largest absolute Gasteiger partial charge is 0.496 e. The van der Waals surface area contributed by atoms with E-state index in [-0.39, 0.29) is 18.8 Å². The third-order valence-corrected chi connectivity index (χ3v) is 2.10. The maximum Gasteiger partial charge on any atom is 0.317 e. The van der Waals surface area contributed by atoms with E-state index in [1.54, 1.807) is 6.07 Å². The number of carboxylic acid groups (broad SMARTS) is 1. The molecule has 2 N–H and O–H groups in total. The summed E-state index contributed by atoms with van der Waals surface area (Å²) >= 11 is 0. The zero-order valence-corrected chi connectivity index (χ0v) is 9.17. The Bertz CT molecular complexity index is 433. The molecule has 17 heavy (non-hydrogen) atoms. The molecular formula is C10H12N2O5. The van der Waals surface area contributed by atoms with Gasteiger partial charge in [-0.3, -0.25) is 14.9 Å². The summed E-state index contributed by atoms with van der Waals surface area (Å²) in [6, 6.07) is 4.45. The summed E-state index contributed by atoms with van der Waals surface area (Å²) in [5.74, 6) is -0.667. The minimum atomic E-state index is -1.03. The number of ether oxygens (including phenoxy) is 1. The number of carbonyl (C=O) groups is 1. The Morgan fingerprint density at radius 2 is 2.29 bits per heavy atom. The maximum atomic E-state index is 10.8. The molecule has 0 aliphatic rings. The molecule has 0 aliphatic heterocycles. The summed E-state index contributed by atoms with van der Waals surface area (Å²) in [6.07, 6.45) is 0. The molecule has 0 radical (unpaired) electrons. The number of nitro benzene ring substituents is 1. The van der Waals surface area contributed by atoms with E-state index in [9.17, 15) is 14.9 Å². The fourth-order valence-electron chi connectivity index (χ4n) is 1.39. The smallest absolute Gasteiger partial charge is 0.317 e. The molecule has 0 spiro atoms. The van der Waals surface area contributed by atoms with Gasteiger partial charge in [0.05, 0.1) is 24.1 Å². The van der Waals surface area contributed by atoms with Gasteiger partial charge in [-0.2, -0.15) is 0 Å². The number of nitro groups is 1. The highest BCUT2D eigenvalue weighted by Gasteiger charge is 2.17. The van der Waals surface area contributed by atoms with Crippen LogP contribution in [0.3, 0.4) is 0 Å². The third kappa shape index (κ3) is 3.42. The van der Waals surface area contributed by atoms with E-state index < -0.39 is 10.9 Å². The van der Waals surface area contributed by atoms with Gasteiger partial charge in [0.25, 0.3) is 5.69 Å². The van der Waals surface area contributed by atoms with Crippen LogP contribution in [-0.2, 0) is 11.3 Å². The van der Waals surface area contributed by atoms with Crippen LogP contribution in [-0.4, -0.2) is 29.7 Å². The molecule has 7 heteroatoms. The van der Waals surface area contributed by atoms with Gasteiger partial charge in [-0.15, -0.1) is 0 Å². The minimum Gasteiger partial charge on any atom is -0.496 e. The van der Waals surface area contributed by atoms with E-state index >= 15 is 0 Å². The zero-order chi connectivity index (χ0) is 12.8. The van der Waals surface area contributed by atoms with Crippen molar-refractivity contribution in [3.05, 3.63) is 33.9 Å². The Hall–Kier alpha value is -2.15. The molecule has 1 aromatic carbocycles. The number of aliphatic carboxylic acids is 1. The zero-order valence-electron chi connectivity index (χ0n) is 9.17. The lowest BCUT2D eigenvalue weighted by Gasteiger charge is -2.08. The van der Waals surface area contributed by atoms with Gasteiger partial charge >= 0.3 is 5.97 Å². The Kier molecular flexibility index (Phi) is 4.41. The summed E-state index contributed by atoms with van der Waals surface area (Å²) in [7, 11) is 1.40. The highest BCUT2D eigenvalue weighted by atomic mass is 16.6. The maximum absolute atomic E-state index is 10.8. The average Bonchev–Trinajstić information content (AvgIpc) is 2.28. The average molecular weight is 240 g/mol. The second-order valence-corrected chi connectivity index (χ2v) is 3.21. The van der Waals surface area contributed by atoms with Crippen molar-refractivity contribution in [2.45, 2.75) is 6.54 Å². The Morgan fingerprint density at radius 1 is 1.59 bits per heavy atom. The SMILES string of the molecule is COc1cccc([N+](=O)[O-])c1CNCC(=O)O. The molecule has 0 saturated carbocycles. The summed E-state index contributed by atoms with van der Waals surface area (Å²) < 4.78 is 5.00. The standard InChI is InChI=1S/C10H12N2O5/c1-17-9-4-2-3-8(12(15)16)7(9)5-11-6-10(13)14/h2-4,11H,5-6H2,1H3,(H,13,14). The third-order valence-electron chi connectivity index (χ3n) is 2.10. The summed E-state index contributed by atoms with van der Waals surface area (Å²) in [6.45, 7) is -0.207. The lowest BCUT2D eigenvalue weighted by Crippen LogP contribution is -2.22. The van der Waals surface area contributed by atoms with Crippen molar-refractivity contribution in [1.82, 2.24) is 5.32 Å². The fraction of sp³-hybridized carbons (Fsp3) is 0.300. The van der Waals surface area contributed by atoms with Crippen molar-refractivity contribution in [2.24, 2.45) is 0 Å². The van der Waals surface area contributed by atoms with Gasteiger partial charge in [-0.05, 0) is 6.07 Å². The minimum absolute atomic E-state index is 0.0621. The molecule has 0 unspecified atom stereocenters. The fourth-order valence-corrected chi connectivity index (χ4v) is 1.39. The van der Waals surface area contributed by atoms with E-state index in [4.69, 9.17) is 9.84 Å². The predicted molar refractivity (Wildman–Crippen MR) is 59.0 cm³/mol. The molecular weight excluding hydrogens is 228 g/mol. The number of methoxy groups -OCH3 is 1. The normalized spacial score (nSPS) is 9.94. The van der Waals surface area contributed by atoms with Crippen LogP contribution in [0, 0.1) is 10.1 Å². The van der Waals surface area contributed by atoms with Crippen molar-refractivity contribution in [3.63, 3.8) is 0 Å². The van der Waals surface area contributed by atoms with Gasteiger partial charge < -0.3 is 15.2 Å². The number of carboxylic acids is 1. The molecule has 0 fully saturated rings. The van der Waals surface area contributed by atoms with Gasteiger partial charge in [0.1, 0.15) is 5.75 Å². The van der Waals surface area contributed by atoms with E-state index in [2.05, 4.69) is 5.32 Å². The highest BCUT2D eigenvalue weighted by molar-refractivity contribution is 5.69. The Labute approximate surface area is 97.2 Å². The first-order chi connectivity index (χ1) is 8.06. The molecule has 1 aromatic rings. The number of nitrogens with one attached hydrogen (secondary N) is 1. The van der Waals surface area contributed by atoms with Crippen LogP contribution in [0.1, 0.15) is 5.56 Å². The number of rotatable bonds is 6. The Balaban J connectivity index is 2.93. The highest BCUT2D eigenvalue weighted by Crippen LogP contribution is 2.27. The monoisotopic (exact) mass is 240 g/mol. The summed E-state index contributed by atoms with van der Waals surface area (Å²) in [5.41, 5.74) is 0.239. The summed E-state index contributed by atoms with van der Waals surface area (Å²) in [4.78, 5) is 20.6. The predicted octanol–water partition coefficient (Wildman–Crippen LogP) is 0.778. The van der Waals surface area contributed by atoms with Crippen LogP contribution in [0.15, 0.2) is 18.2 Å². The van der Waals surface area contributed by atoms with Gasteiger partial charge in [0, 0.05) is 12.6 Å². The van der Waals surface area contributed by atoms with Crippen LogP contribution in [0.25, 0.3) is 0 Å². The van der Waals surface area contributed by atoms with Crippen LogP contribution in [0.2, 0.25) is 0 Å². The molecule has 0 amide bonds. The summed E-state index contributed by atoms with van der Waals surface area (Å²) in [5, 5.41) is 21.8. The van der Waals surface area contributed by atoms with Crippen molar-refractivity contribution < 1.29 is 19.6 Å². The Morgan fingerprint density at radius 3 is 2.82 bits per heavy atom. The first-order valence-electron chi connectivity index (χ1n) is 4.79. The molecule has 0 atom stereocenters. The topological polar surface area (TPSA) is 102 Å². The van der Waals surface area contributed by atoms with Gasteiger partial charge in [0.15, 0.2) is 0 Å². The molecule has 7 nitrogen and oxygen atoms in total. The van der Waals surface area contributed by atoms with E-state index in [0.717, 1.165) is 0 Å². The second kappa shape index (κ2) is 5.80. The first-order valence-corrected chi connectivity index (χ1v) is 4.79. The number of nitrogens with zero attached hydrogens (tertiary/aromatic N) is 1. The molecule has 0 heterocycles. The van der Waals surface area contributed by atoms with Crippen molar-refractivity contribution in [3.8, 4) is 5.75 Å². The van der Waals surface area contributed by atoms with Gasteiger partial charge in [0.2, 0.25) is 0 Å². The lowest BCUT2D eigenvalue weighted by atomic mass is 10.1. The van der Waals surface area contributed by atoms with Gasteiger partial charge in [-0.1, -0.05) is 6.07 Å². The lowest BCUT2D eigenvalue weighted by molar-refractivity contribution is -0.385. The molecule has 0 aromatic heterocycles. The van der Waals surface area contributed by atoms with Crippen LogP contribution < -0.4 is 10.1 Å². The quantitative estimate of drug-likeness (QED) is 0.562. The van der Waals surface area contributed by atoms with Crippen LogP contribution in [0.4, 0.5) is 5.69 Å². The van der Waals surface area contributed by atoms with Crippen molar-refractivity contribution >= 4 is 11.7 Å². The molecule has 0 saturated heterocycles. The van der Waals surface area contributed by atoms with Gasteiger partial charge in [-0.25, -0.2) is 0 Å². The van der Waals surface area contributed by atoms with E-state index in [0.29, 0.717) is 11.3 Å².